The molecule has 1 saturated carbocycles. The van der Waals surface area contributed by atoms with Gasteiger partial charge in [-0.05, 0) is 37.5 Å². The average Bonchev–Trinajstić information content (AvgIpc) is 3.25. The lowest BCUT2D eigenvalue weighted by molar-refractivity contribution is 0.478. The molecule has 1 aromatic carbocycles. The summed E-state index contributed by atoms with van der Waals surface area (Å²) in [5.74, 6) is 0.468. The van der Waals surface area contributed by atoms with E-state index in [-0.39, 0.29) is 5.75 Å². The van der Waals surface area contributed by atoms with Gasteiger partial charge in [-0.3, -0.25) is 10.1 Å². The Kier molecular flexibility index (Phi) is 3.18. The zero-order chi connectivity index (χ0) is 17.1. The summed E-state index contributed by atoms with van der Waals surface area (Å²) in [4.78, 5) is 4.71. The second-order valence-electron chi connectivity index (χ2n) is 6.38. The largest absolute Gasteiger partial charge is 0.504 e. The molecule has 0 saturated heterocycles. The molecule has 0 aliphatic heterocycles. The van der Waals surface area contributed by atoms with E-state index in [9.17, 15) is 13.5 Å². The van der Waals surface area contributed by atoms with E-state index >= 15 is 0 Å². The highest BCUT2D eigenvalue weighted by atomic mass is 32.2. The summed E-state index contributed by atoms with van der Waals surface area (Å²) in [7, 11) is -3.26. The van der Waals surface area contributed by atoms with Gasteiger partial charge in [0.25, 0.3) is 0 Å². The predicted octanol–water partition coefficient (Wildman–Crippen LogP) is 2.92. The van der Waals surface area contributed by atoms with Crippen molar-refractivity contribution in [1.82, 2.24) is 15.2 Å². The molecule has 24 heavy (non-hydrogen) atoms. The van der Waals surface area contributed by atoms with E-state index in [1.54, 1.807) is 19.1 Å². The summed E-state index contributed by atoms with van der Waals surface area (Å²) < 4.78 is 23.6. The zero-order valence-electron chi connectivity index (χ0n) is 13.4. The molecule has 0 bridgehead atoms. The molecule has 0 radical (unpaired) electrons. The van der Waals surface area contributed by atoms with Crippen molar-refractivity contribution in [2.24, 2.45) is 0 Å². The second-order valence-corrected chi connectivity index (χ2v) is 8.36. The fourth-order valence-electron chi connectivity index (χ4n) is 3.12. The van der Waals surface area contributed by atoms with E-state index in [0.29, 0.717) is 27.6 Å². The van der Waals surface area contributed by atoms with E-state index in [0.717, 1.165) is 29.5 Å². The van der Waals surface area contributed by atoms with Crippen LogP contribution in [-0.4, -0.2) is 35.0 Å². The minimum Gasteiger partial charge on any atom is -0.504 e. The predicted molar refractivity (Wildman–Crippen MR) is 90.8 cm³/mol. The van der Waals surface area contributed by atoms with Gasteiger partial charge in [0.2, 0.25) is 0 Å². The summed E-state index contributed by atoms with van der Waals surface area (Å²) in [6.45, 7) is 1.77. The van der Waals surface area contributed by atoms with Crippen LogP contribution in [0.15, 0.2) is 29.3 Å². The lowest BCUT2D eigenvalue weighted by atomic mass is 10.0. The van der Waals surface area contributed by atoms with Crippen LogP contribution in [0.25, 0.3) is 22.2 Å². The number of nitrogens with one attached hydrogen (secondary N) is 1. The van der Waals surface area contributed by atoms with Crippen LogP contribution in [0.2, 0.25) is 0 Å². The number of sulfone groups is 1. The number of aromatic amines is 1. The molecule has 4 rings (SSSR count). The molecule has 2 heterocycles. The topological polar surface area (TPSA) is 95.9 Å². The summed E-state index contributed by atoms with van der Waals surface area (Å²) >= 11 is 0. The van der Waals surface area contributed by atoms with Gasteiger partial charge in [0.05, 0.1) is 27.9 Å². The molecule has 1 aliphatic rings. The highest BCUT2D eigenvalue weighted by molar-refractivity contribution is 7.90. The third kappa shape index (κ3) is 2.36. The van der Waals surface area contributed by atoms with Gasteiger partial charge in [0.15, 0.2) is 15.6 Å². The number of nitrogens with zero attached hydrogens (tertiary/aromatic N) is 2. The van der Waals surface area contributed by atoms with Crippen molar-refractivity contribution < 1.29 is 13.5 Å². The number of aryl methyl sites for hydroxylation is 1. The van der Waals surface area contributed by atoms with Crippen molar-refractivity contribution in [3.8, 4) is 17.0 Å². The average molecular weight is 343 g/mol. The summed E-state index contributed by atoms with van der Waals surface area (Å²) in [6.07, 6.45) is 4.77. The van der Waals surface area contributed by atoms with Gasteiger partial charge in [0, 0.05) is 17.7 Å². The Hall–Kier alpha value is -2.41. The SMILES string of the molecule is Cc1cc(-c2ncc(O)c3[nH]nc(C4CC4)c23)ccc1S(C)(=O)=O. The van der Waals surface area contributed by atoms with E-state index < -0.39 is 9.84 Å². The molecule has 0 unspecified atom stereocenters. The molecule has 0 spiro atoms. The van der Waals surface area contributed by atoms with Crippen LogP contribution in [0.5, 0.6) is 5.75 Å². The number of fused-ring (bicyclic) bond motifs is 1. The molecule has 7 heteroatoms. The van der Waals surface area contributed by atoms with Crippen LogP contribution in [0.1, 0.15) is 30.0 Å². The first-order valence-electron chi connectivity index (χ1n) is 7.73. The fraction of sp³-hybridized carbons (Fsp3) is 0.294. The van der Waals surface area contributed by atoms with Crippen molar-refractivity contribution in [1.29, 1.82) is 0 Å². The maximum absolute atomic E-state index is 11.8. The fourth-order valence-corrected chi connectivity index (χ4v) is 4.08. The molecule has 3 aromatic rings. The maximum Gasteiger partial charge on any atom is 0.175 e. The van der Waals surface area contributed by atoms with E-state index in [1.807, 2.05) is 6.07 Å². The van der Waals surface area contributed by atoms with E-state index in [2.05, 4.69) is 15.2 Å². The number of pyridine rings is 1. The number of aromatic nitrogens is 3. The lowest BCUT2D eigenvalue weighted by Gasteiger charge is -2.09. The number of hydrogen-bond donors (Lipinski definition) is 2. The highest BCUT2D eigenvalue weighted by Gasteiger charge is 2.30. The molecule has 0 atom stereocenters. The van der Waals surface area contributed by atoms with E-state index in [4.69, 9.17) is 0 Å². The van der Waals surface area contributed by atoms with Gasteiger partial charge in [-0.15, -0.1) is 0 Å². The standard InChI is InChI=1S/C17H17N3O3S/c1-9-7-11(5-6-13(9)24(2,22)23)15-14-16(10-3-4-10)19-20-17(14)12(21)8-18-15/h5-8,10,21H,3-4H2,1-2H3,(H,19,20). The minimum atomic E-state index is -3.26. The van der Waals surface area contributed by atoms with Gasteiger partial charge in [-0.2, -0.15) is 5.10 Å². The second kappa shape index (κ2) is 5.04. The van der Waals surface area contributed by atoms with Gasteiger partial charge in [-0.1, -0.05) is 6.07 Å². The molecule has 6 nitrogen and oxygen atoms in total. The Morgan fingerprint density at radius 3 is 2.67 bits per heavy atom. The minimum absolute atomic E-state index is 0.0672. The van der Waals surface area contributed by atoms with Crippen molar-refractivity contribution in [3.63, 3.8) is 0 Å². The van der Waals surface area contributed by atoms with Crippen LogP contribution in [-0.2, 0) is 9.84 Å². The highest BCUT2D eigenvalue weighted by Crippen LogP contribution is 2.45. The van der Waals surface area contributed by atoms with Crippen molar-refractivity contribution in [2.75, 3.05) is 6.26 Å². The molecule has 0 amide bonds. The third-order valence-corrected chi connectivity index (χ3v) is 5.67. The quantitative estimate of drug-likeness (QED) is 0.762. The molecule has 1 fully saturated rings. The van der Waals surface area contributed by atoms with Crippen molar-refractivity contribution in [3.05, 3.63) is 35.7 Å². The smallest absolute Gasteiger partial charge is 0.175 e. The van der Waals surface area contributed by atoms with Crippen molar-refractivity contribution >= 4 is 20.7 Å². The molecule has 124 valence electrons. The summed E-state index contributed by atoms with van der Waals surface area (Å²) in [5, 5.41) is 18.1. The van der Waals surface area contributed by atoms with Gasteiger partial charge >= 0.3 is 0 Å². The number of rotatable bonds is 3. The monoisotopic (exact) mass is 343 g/mol. The Morgan fingerprint density at radius 1 is 1.29 bits per heavy atom. The molecule has 1 aliphatic carbocycles. The summed E-state index contributed by atoms with van der Waals surface area (Å²) in [6, 6.07) is 5.18. The number of benzene rings is 1. The Morgan fingerprint density at radius 2 is 2.04 bits per heavy atom. The first-order chi connectivity index (χ1) is 11.4. The maximum atomic E-state index is 11.8. The van der Waals surface area contributed by atoms with Gasteiger partial charge in [-0.25, -0.2) is 8.42 Å². The van der Waals surface area contributed by atoms with Gasteiger partial charge < -0.3 is 5.11 Å². The number of aromatic hydroxyl groups is 1. The van der Waals surface area contributed by atoms with Crippen LogP contribution in [0.3, 0.4) is 0 Å². The molecule has 2 N–H and O–H groups in total. The first-order valence-corrected chi connectivity index (χ1v) is 9.62. The van der Waals surface area contributed by atoms with Crippen LogP contribution >= 0.6 is 0 Å². The normalized spacial score (nSPS) is 15.1. The van der Waals surface area contributed by atoms with Crippen LogP contribution in [0, 0.1) is 6.92 Å². The Balaban J connectivity index is 1.95. The van der Waals surface area contributed by atoms with Crippen LogP contribution < -0.4 is 0 Å². The Labute approximate surface area is 139 Å². The molecular weight excluding hydrogens is 326 g/mol. The summed E-state index contributed by atoms with van der Waals surface area (Å²) in [5.41, 5.74) is 3.70. The molecule has 2 aromatic heterocycles. The Bertz CT molecular complexity index is 1070. The van der Waals surface area contributed by atoms with Crippen molar-refractivity contribution in [2.45, 2.75) is 30.6 Å². The number of H-pyrrole nitrogens is 1. The zero-order valence-corrected chi connectivity index (χ0v) is 14.2. The van der Waals surface area contributed by atoms with Gasteiger partial charge in [0.1, 0.15) is 5.52 Å². The first kappa shape index (κ1) is 15.1. The number of hydrogen-bond acceptors (Lipinski definition) is 5. The third-order valence-electron chi connectivity index (χ3n) is 4.42. The van der Waals surface area contributed by atoms with E-state index in [1.165, 1.54) is 12.5 Å². The van der Waals surface area contributed by atoms with Crippen LogP contribution in [0.4, 0.5) is 0 Å². The lowest BCUT2D eigenvalue weighted by Crippen LogP contribution is -2.00. The molecular formula is C17H17N3O3S.